The van der Waals surface area contributed by atoms with Gasteiger partial charge in [-0.15, -0.1) is 0 Å². The number of nitrogens with two attached hydrogens (primary N) is 1. The Morgan fingerprint density at radius 2 is 1.00 bits per heavy atom. The SMILES string of the molecule is CC(C)(C)OC(=O)NCCNC(=O)CC[N+](C)(CCN)CCC(=O)NCCNC(=O)OC(C)(C)C. The van der Waals surface area contributed by atoms with Gasteiger partial charge < -0.3 is 41.0 Å². The number of alkyl carbamates (subject to hydrolysis) is 2. The van der Waals surface area contributed by atoms with Gasteiger partial charge in [0, 0.05) is 32.7 Å². The molecule has 0 aromatic carbocycles. The van der Waals surface area contributed by atoms with Crippen molar-refractivity contribution in [2.45, 2.75) is 65.6 Å². The number of likely N-dealkylation sites (N-methyl/N-ethyl adjacent to an activating group) is 1. The van der Waals surface area contributed by atoms with Crippen LogP contribution in [0.3, 0.4) is 0 Å². The van der Waals surface area contributed by atoms with E-state index in [2.05, 4.69) is 21.3 Å². The lowest BCUT2D eigenvalue weighted by molar-refractivity contribution is -0.907. The molecule has 0 aromatic heterocycles. The summed E-state index contributed by atoms with van der Waals surface area (Å²) in [6.45, 7) is 13.9. The lowest BCUT2D eigenvalue weighted by Crippen LogP contribution is -2.51. The summed E-state index contributed by atoms with van der Waals surface area (Å²) in [4.78, 5) is 47.6. The van der Waals surface area contributed by atoms with Crippen molar-refractivity contribution in [2.75, 3.05) is 59.4 Å². The first-order chi connectivity index (χ1) is 16.1. The van der Waals surface area contributed by atoms with E-state index in [4.69, 9.17) is 15.2 Å². The van der Waals surface area contributed by atoms with E-state index in [0.29, 0.717) is 43.8 Å². The quantitative estimate of drug-likeness (QED) is 0.170. The molecule has 0 atom stereocenters. The highest BCUT2D eigenvalue weighted by Gasteiger charge is 2.23. The number of nitrogens with zero attached hydrogens (tertiary/aromatic N) is 1. The summed E-state index contributed by atoms with van der Waals surface area (Å²) in [5, 5.41) is 10.7. The van der Waals surface area contributed by atoms with Gasteiger partial charge in [-0.3, -0.25) is 9.59 Å². The Morgan fingerprint density at radius 1 is 0.657 bits per heavy atom. The zero-order valence-corrected chi connectivity index (χ0v) is 22.5. The van der Waals surface area contributed by atoms with Crippen molar-refractivity contribution in [2.24, 2.45) is 5.73 Å². The highest BCUT2D eigenvalue weighted by atomic mass is 16.6. The fraction of sp³-hybridized carbons (Fsp3) is 0.826. The van der Waals surface area contributed by atoms with Gasteiger partial charge in [0.1, 0.15) is 11.2 Å². The maximum Gasteiger partial charge on any atom is 0.407 e. The van der Waals surface area contributed by atoms with Crippen molar-refractivity contribution in [1.29, 1.82) is 0 Å². The van der Waals surface area contributed by atoms with Crippen molar-refractivity contribution in [3.05, 3.63) is 0 Å². The van der Waals surface area contributed by atoms with Crippen LogP contribution in [0.2, 0.25) is 0 Å². The summed E-state index contributed by atoms with van der Waals surface area (Å²) in [6, 6.07) is 0. The molecular weight excluding hydrogens is 456 g/mol. The number of nitrogens with one attached hydrogen (secondary N) is 4. The molecule has 12 heteroatoms. The van der Waals surface area contributed by atoms with Crippen LogP contribution in [-0.4, -0.2) is 99.1 Å². The Balaban J connectivity index is 4.23. The summed E-state index contributed by atoms with van der Waals surface area (Å²) in [6.07, 6.45) is -0.523. The summed E-state index contributed by atoms with van der Waals surface area (Å²) >= 11 is 0. The topological polar surface area (TPSA) is 161 Å². The number of carbonyl (C=O) groups excluding carboxylic acids is 4. The zero-order chi connectivity index (χ0) is 27.1. The molecule has 0 aromatic rings. The van der Waals surface area contributed by atoms with Gasteiger partial charge in [-0.1, -0.05) is 0 Å². The second kappa shape index (κ2) is 15.4. The van der Waals surface area contributed by atoms with Crippen LogP contribution in [0.1, 0.15) is 54.4 Å². The first kappa shape index (κ1) is 32.4. The molecule has 6 N–H and O–H groups in total. The fourth-order valence-corrected chi connectivity index (χ4v) is 2.93. The van der Waals surface area contributed by atoms with Crippen LogP contribution in [-0.2, 0) is 19.1 Å². The normalized spacial score (nSPS) is 11.9. The largest absolute Gasteiger partial charge is 0.444 e. The number of amides is 4. The number of hydrogen-bond acceptors (Lipinski definition) is 7. The Labute approximate surface area is 209 Å². The molecular formula is C23H47N6O6+. The predicted octanol–water partition coefficient (Wildman–Crippen LogP) is 0.454. The molecule has 0 fully saturated rings. The number of carbonyl (C=O) groups is 4. The van der Waals surface area contributed by atoms with E-state index in [1.165, 1.54) is 0 Å². The van der Waals surface area contributed by atoms with Gasteiger partial charge in [0.2, 0.25) is 11.8 Å². The van der Waals surface area contributed by atoms with Gasteiger partial charge in [-0.2, -0.15) is 0 Å². The summed E-state index contributed by atoms with van der Waals surface area (Å²) in [7, 11) is 1.96. The molecule has 0 aliphatic carbocycles. The average molecular weight is 504 g/mol. The zero-order valence-electron chi connectivity index (χ0n) is 22.5. The molecule has 0 aliphatic rings. The van der Waals surface area contributed by atoms with E-state index in [-0.39, 0.29) is 37.7 Å². The molecule has 4 amide bonds. The van der Waals surface area contributed by atoms with Crippen LogP contribution in [0.4, 0.5) is 9.59 Å². The monoisotopic (exact) mass is 503 g/mol. The van der Waals surface area contributed by atoms with E-state index in [1.54, 1.807) is 41.5 Å². The molecule has 0 rings (SSSR count). The van der Waals surface area contributed by atoms with Gasteiger partial charge in [-0.25, -0.2) is 9.59 Å². The van der Waals surface area contributed by atoms with E-state index < -0.39 is 23.4 Å². The van der Waals surface area contributed by atoms with Gasteiger partial charge in [0.05, 0.1) is 39.5 Å². The van der Waals surface area contributed by atoms with Gasteiger partial charge in [0.25, 0.3) is 0 Å². The van der Waals surface area contributed by atoms with E-state index in [0.717, 1.165) is 0 Å². The average Bonchev–Trinajstić information content (AvgIpc) is 2.69. The first-order valence-corrected chi connectivity index (χ1v) is 12.1. The van der Waals surface area contributed by atoms with Crippen molar-refractivity contribution < 1.29 is 33.1 Å². The third kappa shape index (κ3) is 19.4. The number of rotatable bonds is 14. The van der Waals surface area contributed by atoms with Crippen molar-refractivity contribution in [1.82, 2.24) is 21.3 Å². The first-order valence-electron chi connectivity index (χ1n) is 12.1. The molecule has 0 saturated heterocycles. The predicted molar refractivity (Wildman–Crippen MR) is 134 cm³/mol. The van der Waals surface area contributed by atoms with E-state index >= 15 is 0 Å². The molecule has 0 spiro atoms. The molecule has 0 radical (unpaired) electrons. The highest BCUT2D eigenvalue weighted by molar-refractivity contribution is 5.76. The number of hydrogen-bond donors (Lipinski definition) is 5. The maximum absolute atomic E-state index is 12.2. The molecule has 35 heavy (non-hydrogen) atoms. The molecule has 0 bridgehead atoms. The maximum atomic E-state index is 12.2. The van der Waals surface area contributed by atoms with Crippen LogP contribution in [0.5, 0.6) is 0 Å². The molecule has 0 aliphatic heterocycles. The lowest BCUT2D eigenvalue weighted by atomic mass is 10.2. The molecule has 0 unspecified atom stereocenters. The van der Waals surface area contributed by atoms with Crippen molar-refractivity contribution in [3.63, 3.8) is 0 Å². The lowest BCUT2D eigenvalue weighted by Gasteiger charge is -2.34. The Kier molecular flexibility index (Phi) is 14.3. The molecule has 0 saturated carbocycles. The summed E-state index contributed by atoms with van der Waals surface area (Å²) < 4.78 is 10.7. The van der Waals surface area contributed by atoms with Gasteiger partial charge >= 0.3 is 12.2 Å². The van der Waals surface area contributed by atoms with Crippen LogP contribution in [0.15, 0.2) is 0 Å². The van der Waals surface area contributed by atoms with Crippen LogP contribution < -0.4 is 27.0 Å². The number of ether oxygens (including phenoxy) is 2. The second-order valence-electron chi connectivity index (χ2n) is 10.6. The molecule has 12 nitrogen and oxygen atoms in total. The smallest absolute Gasteiger partial charge is 0.407 e. The summed E-state index contributed by atoms with van der Waals surface area (Å²) in [5.74, 6) is -0.287. The molecule has 0 heterocycles. The fourth-order valence-electron chi connectivity index (χ4n) is 2.93. The minimum atomic E-state index is -0.577. The standard InChI is InChI=1S/C23H46N6O6/c1-22(2,3)34-20(32)27-13-11-25-18(30)8-15-29(7,17-10-24)16-9-19(31)26-12-14-28-21(33)35-23(4,5)6/h8-17,24H2,1-7H3,(H3-,25,26,27,28,30,31,32,33)/p+1. The van der Waals surface area contributed by atoms with Crippen LogP contribution in [0.25, 0.3) is 0 Å². The Morgan fingerprint density at radius 3 is 1.31 bits per heavy atom. The Bertz CT molecular complexity index is 635. The summed E-state index contributed by atoms with van der Waals surface area (Å²) in [5.41, 5.74) is 4.59. The van der Waals surface area contributed by atoms with E-state index in [9.17, 15) is 19.2 Å². The number of quaternary nitrogens is 1. The Hall–Kier alpha value is -2.60. The highest BCUT2D eigenvalue weighted by Crippen LogP contribution is 2.07. The second-order valence-corrected chi connectivity index (χ2v) is 10.6. The van der Waals surface area contributed by atoms with Crippen LogP contribution >= 0.6 is 0 Å². The van der Waals surface area contributed by atoms with Gasteiger partial charge in [-0.05, 0) is 41.5 Å². The molecule has 204 valence electrons. The third-order valence-electron chi connectivity index (χ3n) is 4.66. The van der Waals surface area contributed by atoms with Crippen molar-refractivity contribution >= 4 is 24.0 Å². The minimum Gasteiger partial charge on any atom is -0.444 e. The minimum absolute atomic E-state index is 0.143. The van der Waals surface area contributed by atoms with Crippen LogP contribution in [0, 0.1) is 0 Å². The van der Waals surface area contributed by atoms with Crippen molar-refractivity contribution in [3.8, 4) is 0 Å². The van der Waals surface area contributed by atoms with Gasteiger partial charge in [0.15, 0.2) is 0 Å². The van der Waals surface area contributed by atoms with E-state index in [1.807, 2.05) is 7.05 Å². The third-order valence-corrected chi connectivity index (χ3v) is 4.66.